The maximum atomic E-state index is 5.85. The van der Waals surface area contributed by atoms with E-state index in [2.05, 4.69) is 48.8 Å². The van der Waals surface area contributed by atoms with Crippen LogP contribution in [-0.4, -0.2) is 13.6 Å². The molecule has 1 atom stereocenters. The average Bonchev–Trinajstić information content (AvgIpc) is 2.80. The number of nitrogens with two attached hydrogens (primary N) is 1. The predicted molar refractivity (Wildman–Crippen MR) is 81.1 cm³/mol. The highest BCUT2D eigenvalue weighted by atomic mass is 32.1. The smallest absolute Gasteiger partial charge is 0.0346 e. The molecule has 1 unspecified atom stereocenters. The molecule has 0 spiro atoms. The van der Waals surface area contributed by atoms with Crippen molar-refractivity contribution in [2.75, 3.05) is 13.6 Å². The molecule has 3 N–H and O–H groups in total. The Labute approximate surface area is 113 Å². The van der Waals surface area contributed by atoms with Gasteiger partial charge in [0.05, 0.1) is 0 Å². The Balaban J connectivity index is 2.33. The summed E-state index contributed by atoms with van der Waals surface area (Å²) in [7, 11) is 2.03. The van der Waals surface area contributed by atoms with Crippen molar-refractivity contribution in [1.29, 1.82) is 0 Å². The number of fused-ring (bicyclic) bond motifs is 1. The van der Waals surface area contributed by atoms with Gasteiger partial charge in [0.15, 0.2) is 0 Å². The highest BCUT2D eigenvalue weighted by Crippen LogP contribution is 2.35. The molecule has 0 saturated heterocycles. The van der Waals surface area contributed by atoms with Crippen molar-refractivity contribution in [1.82, 2.24) is 5.32 Å². The van der Waals surface area contributed by atoms with Crippen molar-refractivity contribution >= 4 is 21.4 Å². The average molecular weight is 262 g/mol. The van der Waals surface area contributed by atoms with Crippen molar-refractivity contribution in [2.45, 2.75) is 26.3 Å². The molecular formula is C15H22N2S. The quantitative estimate of drug-likeness (QED) is 0.865. The van der Waals surface area contributed by atoms with Crippen LogP contribution >= 0.6 is 11.3 Å². The normalized spacial score (nSPS) is 14.0. The molecule has 98 valence electrons. The van der Waals surface area contributed by atoms with Crippen molar-refractivity contribution in [3.63, 3.8) is 0 Å². The van der Waals surface area contributed by atoms with Gasteiger partial charge in [0, 0.05) is 10.7 Å². The van der Waals surface area contributed by atoms with E-state index in [1.54, 1.807) is 0 Å². The first-order valence-electron chi connectivity index (χ1n) is 6.41. The summed E-state index contributed by atoms with van der Waals surface area (Å²) in [6, 6.07) is 8.98. The molecule has 1 aromatic carbocycles. The van der Waals surface area contributed by atoms with Gasteiger partial charge in [-0.1, -0.05) is 32.0 Å². The molecule has 0 aliphatic carbocycles. The van der Waals surface area contributed by atoms with Gasteiger partial charge in [-0.3, -0.25) is 0 Å². The molecule has 0 aliphatic heterocycles. The van der Waals surface area contributed by atoms with Gasteiger partial charge in [0.25, 0.3) is 0 Å². The van der Waals surface area contributed by atoms with Crippen LogP contribution in [0.25, 0.3) is 10.1 Å². The lowest BCUT2D eigenvalue weighted by molar-refractivity contribution is 0.300. The SMILES string of the molecule is CNC(CC(C)(C)CN)c1csc2ccccc12. The van der Waals surface area contributed by atoms with E-state index in [9.17, 15) is 0 Å². The minimum Gasteiger partial charge on any atom is -0.330 e. The maximum Gasteiger partial charge on any atom is 0.0346 e. The van der Waals surface area contributed by atoms with Crippen LogP contribution < -0.4 is 11.1 Å². The lowest BCUT2D eigenvalue weighted by atomic mass is 9.83. The van der Waals surface area contributed by atoms with E-state index in [1.165, 1.54) is 15.6 Å². The Morgan fingerprint density at radius 1 is 1.33 bits per heavy atom. The summed E-state index contributed by atoms with van der Waals surface area (Å²) < 4.78 is 1.36. The topological polar surface area (TPSA) is 38.0 Å². The molecule has 0 bridgehead atoms. The van der Waals surface area contributed by atoms with Crippen molar-refractivity contribution < 1.29 is 0 Å². The standard InChI is InChI=1S/C15H22N2S/c1-15(2,10-16)8-13(17-3)12-9-18-14-7-5-4-6-11(12)14/h4-7,9,13,17H,8,10,16H2,1-3H3. The Hall–Kier alpha value is -0.900. The number of hydrogen-bond donors (Lipinski definition) is 2. The minimum atomic E-state index is 0.163. The van der Waals surface area contributed by atoms with Crippen molar-refractivity contribution in [2.24, 2.45) is 11.1 Å². The molecular weight excluding hydrogens is 240 g/mol. The first kappa shape index (κ1) is 13.5. The molecule has 0 radical (unpaired) electrons. The van der Waals surface area contributed by atoms with E-state index in [0.29, 0.717) is 12.6 Å². The molecule has 0 fully saturated rings. The summed E-state index contributed by atoms with van der Waals surface area (Å²) in [6.45, 7) is 5.17. The molecule has 2 aromatic rings. The first-order valence-corrected chi connectivity index (χ1v) is 7.29. The van der Waals surface area contributed by atoms with Gasteiger partial charge in [0.2, 0.25) is 0 Å². The van der Waals surface area contributed by atoms with Crippen LogP contribution in [0.4, 0.5) is 0 Å². The van der Waals surface area contributed by atoms with Gasteiger partial charge in [0.1, 0.15) is 0 Å². The zero-order valence-corrected chi connectivity index (χ0v) is 12.2. The van der Waals surface area contributed by atoms with Crippen LogP contribution in [0.2, 0.25) is 0 Å². The van der Waals surface area contributed by atoms with Crippen molar-refractivity contribution in [3.05, 3.63) is 35.2 Å². The van der Waals surface area contributed by atoms with Gasteiger partial charge in [-0.2, -0.15) is 0 Å². The Kier molecular flexibility index (Phi) is 4.05. The largest absolute Gasteiger partial charge is 0.330 e. The second kappa shape index (κ2) is 5.39. The van der Waals surface area contributed by atoms with E-state index in [1.807, 2.05) is 18.4 Å². The number of nitrogens with one attached hydrogen (secondary N) is 1. The fourth-order valence-electron chi connectivity index (χ4n) is 2.27. The molecule has 0 aliphatic rings. The highest BCUT2D eigenvalue weighted by Gasteiger charge is 2.23. The third-order valence-electron chi connectivity index (χ3n) is 3.54. The number of benzene rings is 1. The Morgan fingerprint density at radius 2 is 2.06 bits per heavy atom. The fourth-order valence-corrected chi connectivity index (χ4v) is 3.29. The Morgan fingerprint density at radius 3 is 2.72 bits per heavy atom. The van der Waals surface area contributed by atoms with Crippen LogP contribution in [0.15, 0.2) is 29.6 Å². The van der Waals surface area contributed by atoms with E-state index < -0.39 is 0 Å². The molecule has 3 heteroatoms. The summed E-state index contributed by atoms with van der Waals surface area (Å²) in [4.78, 5) is 0. The lowest BCUT2D eigenvalue weighted by Gasteiger charge is -2.28. The molecule has 0 saturated carbocycles. The number of thiophene rings is 1. The summed E-state index contributed by atoms with van der Waals surface area (Å²) in [5.74, 6) is 0. The van der Waals surface area contributed by atoms with Crippen LogP contribution in [0.1, 0.15) is 31.9 Å². The van der Waals surface area contributed by atoms with E-state index in [4.69, 9.17) is 5.73 Å². The van der Waals surface area contributed by atoms with Gasteiger partial charge in [-0.25, -0.2) is 0 Å². The van der Waals surface area contributed by atoms with E-state index in [-0.39, 0.29) is 5.41 Å². The third kappa shape index (κ3) is 2.74. The van der Waals surface area contributed by atoms with E-state index >= 15 is 0 Å². The summed E-state index contributed by atoms with van der Waals surface area (Å²) in [5, 5.41) is 7.08. The fraction of sp³-hybridized carbons (Fsp3) is 0.467. The van der Waals surface area contributed by atoms with Crippen LogP contribution in [0.5, 0.6) is 0 Å². The zero-order valence-electron chi connectivity index (χ0n) is 11.4. The lowest BCUT2D eigenvalue weighted by Crippen LogP contribution is -2.30. The van der Waals surface area contributed by atoms with Gasteiger partial charge in [-0.05, 0) is 47.8 Å². The number of hydrogen-bond acceptors (Lipinski definition) is 3. The molecule has 18 heavy (non-hydrogen) atoms. The summed E-state index contributed by atoms with van der Waals surface area (Å²) >= 11 is 1.82. The monoisotopic (exact) mass is 262 g/mol. The van der Waals surface area contributed by atoms with Gasteiger partial charge >= 0.3 is 0 Å². The van der Waals surface area contributed by atoms with Crippen molar-refractivity contribution in [3.8, 4) is 0 Å². The number of rotatable bonds is 5. The molecule has 0 amide bonds. The second-order valence-electron chi connectivity index (χ2n) is 5.60. The van der Waals surface area contributed by atoms with E-state index in [0.717, 1.165) is 6.42 Å². The summed E-state index contributed by atoms with van der Waals surface area (Å²) in [6.07, 6.45) is 1.06. The van der Waals surface area contributed by atoms with Crippen LogP contribution in [-0.2, 0) is 0 Å². The predicted octanol–water partition coefficient (Wildman–Crippen LogP) is 3.54. The minimum absolute atomic E-state index is 0.163. The maximum absolute atomic E-state index is 5.85. The molecule has 1 heterocycles. The summed E-state index contributed by atoms with van der Waals surface area (Å²) in [5.41, 5.74) is 7.42. The van der Waals surface area contributed by atoms with Gasteiger partial charge in [-0.15, -0.1) is 11.3 Å². The van der Waals surface area contributed by atoms with Gasteiger partial charge < -0.3 is 11.1 Å². The van der Waals surface area contributed by atoms with Crippen LogP contribution in [0.3, 0.4) is 0 Å². The Bertz CT molecular complexity index is 516. The molecule has 2 nitrogen and oxygen atoms in total. The third-order valence-corrected chi connectivity index (χ3v) is 4.53. The zero-order chi connectivity index (χ0) is 13.2. The first-order chi connectivity index (χ1) is 8.57. The second-order valence-corrected chi connectivity index (χ2v) is 6.51. The molecule has 1 aromatic heterocycles. The van der Waals surface area contributed by atoms with Crippen LogP contribution in [0, 0.1) is 5.41 Å². The highest BCUT2D eigenvalue weighted by molar-refractivity contribution is 7.17. The molecule has 2 rings (SSSR count).